The van der Waals surface area contributed by atoms with Crippen LogP contribution in [0.5, 0.6) is 0 Å². The summed E-state index contributed by atoms with van der Waals surface area (Å²) in [4.78, 5) is 21.0. The molecule has 1 amide bonds. The van der Waals surface area contributed by atoms with Crippen molar-refractivity contribution in [2.45, 2.75) is 31.6 Å². The first-order valence-electron chi connectivity index (χ1n) is 8.76. The largest absolute Gasteiger partial charge is 0.269 e. The Morgan fingerprint density at radius 1 is 1.33 bits per heavy atom. The number of nitrogens with zero attached hydrogens (tertiary/aromatic N) is 4. The van der Waals surface area contributed by atoms with Gasteiger partial charge in [0.1, 0.15) is 6.07 Å². The van der Waals surface area contributed by atoms with Gasteiger partial charge in [-0.05, 0) is 52.4 Å². The first kappa shape index (κ1) is 19.6. The van der Waals surface area contributed by atoms with E-state index in [0.717, 1.165) is 18.4 Å². The van der Waals surface area contributed by atoms with Crippen LogP contribution in [0.25, 0.3) is 0 Å². The van der Waals surface area contributed by atoms with Crippen LogP contribution < -0.4 is 10.4 Å². The van der Waals surface area contributed by atoms with Crippen LogP contribution in [0.4, 0.5) is 5.82 Å². The zero-order valence-corrected chi connectivity index (χ0v) is 17.0. The fourth-order valence-electron chi connectivity index (χ4n) is 3.17. The first-order valence-corrected chi connectivity index (χ1v) is 10.1. The number of hydrogen-bond acceptors (Lipinski definition) is 5. The minimum Gasteiger partial charge on any atom is -0.267 e. The van der Waals surface area contributed by atoms with E-state index in [0.29, 0.717) is 34.2 Å². The van der Waals surface area contributed by atoms with Gasteiger partial charge in [-0.1, -0.05) is 25.0 Å². The van der Waals surface area contributed by atoms with E-state index >= 15 is 0 Å². The number of benzene rings is 1. The Bertz CT molecular complexity index is 846. The molecule has 8 heteroatoms. The van der Waals surface area contributed by atoms with Crippen molar-refractivity contribution in [1.29, 1.82) is 5.26 Å². The van der Waals surface area contributed by atoms with Gasteiger partial charge in [-0.2, -0.15) is 10.2 Å². The fraction of sp³-hybridized carbons (Fsp3) is 0.368. The zero-order chi connectivity index (χ0) is 19.2. The van der Waals surface area contributed by atoms with Gasteiger partial charge in [0.05, 0.1) is 4.47 Å². The van der Waals surface area contributed by atoms with Crippen molar-refractivity contribution in [2.75, 3.05) is 11.6 Å². The lowest BCUT2D eigenvalue weighted by Gasteiger charge is -2.27. The minimum atomic E-state index is -0.238. The number of rotatable bonds is 6. The molecule has 0 aliphatic heterocycles. The van der Waals surface area contributed by atoms with Gasteiger partial charge in [-0.15, -0.1) is 11.6 Å². The van der Waals surface area contributed by atoms with E-state index in [9.17, 15) is 4.79 Å². The molecular weight excluding hydrogens is 430 g/mol. The molecule has 0 atom stereocenters. The highest BCUT2D eigenvalue weighted by molar-refractivity contribution is 9.10. The number of hydrogen-bond donors (Lipinski definition) is 1. The molecule has 140 valence electrons. The molecule has 6 nitrogen and oxygen atoms in total. The molecule has 1 aromatic carbocycles. The summed E-state index contributed by atoms with van der Waals surface area (Å²) in [5.74, 6) is 1.18. The van der Waals surface area contributed by atoms with E-state index in [1.54, 1.807) is 17.1 Å². The van der Waals surface area contributed by atoms with Crippen molar-refractivity contribution in [1.82, 2.24) is 15.4 Å². The number of halogens is 2. The maximum atomic E-state index is 12.8. The molecule has 0 radical (unpaired) electrons. The minimum absolute atomic E-state index is 0.0605. The van der Waals surface area contributed by atoms with E-state index in [4.69, 9.17) is 16.9 Å². The van der Waals surface area contributed by atoms with E-state index in [2.05, 4.69) is 31.3 Å². The summed E-state index contributed by atoms with van der Waals surface area (Å²) < 4.78 is 0.622. The Labute approximate surface area is 171 Å². The van der Waals surface area contributed by atoms with Crippen LogP contribution in [0.3, 0.4) is 0 Å². The Kier molecular flexibility index (Phi) is 6.64. The van der Waals surface area contributed by atoms with Crippen LogP contribution >= 0.6 is 27.5 Å². The molecule has 1 N–H and O–H groups in total. The van der Waals surface area contributed by atoms with Crippen LogP contribution in [0.2, 0.25) is 0 Å². The van der Waals surface area contributed by atoms with Gasteiger partial charge in [-0.3, -0.25) is 15.2 Å². The number of nitrogens with one attached hydrogen (secondary N) is 1. The number of carbonyl (C=O) groups is 1. The number of hydrazine groups is 1. The average Bonchev–Trinajstić information content (AvgIpc) is 3.21. The lowest BCUT2D eigenvalue weighted by atomic mass is 10.1. The number of anilines is 1. The smallest absolute Gasteiger partial charge is 0.267 e. The topological polar surface area (TPSA) is 81.9 Å². The predicted molar refractivity (Wildman–Crippen MR) is 107 cm³/mol. The first-order chi connectivity index (χ1) is 13.1. The van der Waals surface area contributed by atoms with Crippen molar-refractivity contribution in [3.8, 4) is 6.07 Å². The number of carbonyl (C=O) groups excluding carboxylic acids is 1. The lowest BCUT2D eigenvalue weighted by Crippen LogP contribution is -2.45. The van der Waals surface area contributed by atoms with Crippen molar-refractivity contribution in [3.05, 3.63) is 51.9 Å². The standard InChI is InChI=1S/C19H19BrClN5O/c20-16-11-23-17(10-22)24-18(16)26(12-14-3-1-2-4-14)25-19(27)15-7-5-13(9-21)6-8-15/h5-8,11,14H,1-4,9,12H2,(H,25,27). The van der Waals surface area contributed by atoms with Crippen molar-refractivity contribution < 1.29 is 4.79 Å². The summed E-state index contributed by atoms with van der Waals surface area (Å²) in [5.41, 5.74) is 4.42. The fourth-order valence-corrected chi connectivity index (χ4v) is 3.75. The number of aromatic nitrogens is 2. The van der Waals surface area contributed by atoms with E-state index < -0.39 is 0 Å². The summed E-state index contributed by atoms with van der Waals surface area (Å²) >= 11 is 9.24. The number of alkyl halides is 1. The molecule has 0 bridgehead atoms. The van der Waals surface area contributed by atoms with Gasteiger partial charge in [-0.25, -0.2) is 4.98 Å². The van der Waals surface area contributed by atoms with Crippen LogP contribution in [0.15, 0.2) is 34.9 Å². The molecule has 0 spiro atoms. The molecule has 1 heterocycles. The summed E-state index contributed by atoms with van der Waals surface area (Å²) in [6, 6.07) is 9.10. The second kappa shape index (κ2) is 9.16. The molecule has 1 fully saturated rings. The molecule has 3 rings (SSSR count). The predicted octanol–water partition coefficient (Wildman–Crippen LogP) is 4.19. The number of amides is 1. The molecule has 0 unspecified atom stereocenters. The number of nitriles is 1. The summed E-state index contributed by atoms with van der Waals surface area (Å²) in [5, 5.41) is 10.8. The van der Waals surface area contributed by atoms with Gasteiger partial charge in [0.2, 0.25) is 5.82 Å². The molecule has 1 aliphatic rings. The van der Waals surface area contributed by atoms with Gasteiger partial charge in [0, 0.05) is 24.2 Å². The molecular formula is C19H19BrClN5O. The Balaban J connectivity index is 1.85. The second-order valence-corrected chi connectivity index (χ2v) is 7.63. The highest BCUT2D eigenvalue weighted by Crippen LogP contribution is 2.29. The van der Waals surface area contributed by atoms with Gasteiger partial charge in [0.15, 0.2) is 5.82 Å². The third kappa shape index (κ3) is 4.96. The van der Waals surface area contributed by atoms with Crippen molar-refractivity contribution in [2.24, 2.45) is 5.92 Å². The molecule has 0 saturated heterocycles. The Morgan fingerprint density at radius 2 is 2.04 bits per heavy atom. The summed E-state index contributed by atoms with van der Waals surface area (Å²) in [6.07, 6.45) is 6.15. The van der Waals surface area contributed by atoms with Crippen LogP contribution in [0, 0.1) is 17.2 Å². The van der Waals surface area contributed by atoms with Crippen molar-refractivity contribution in [3.63, 3.8) is 0 Å². The maximum absolute atomic E-state index is 12.8. The maximum Gasteiger partial charge on any atom is 0.269 e. The monoisotopic (exact) mass is 447 g/mol. The van der Waals surface area contributed by atoms with E-state index in [1.807, 2.05) is 18.2 Å². The molecule has 27 heavy (non-hydrogen) atoms. The van der Waals surface area contributed by atoms with Crippen molar-refractivity contribution >= 4 is 39.3 Å². The second-order valence-electron chi connectivity index (χ2n) is 6.51. The Morgan fingerprint density at radius 3 is 2.67 bits per heavy atom. The molecule has 2 aromatic rings. The van der Waals surface area contributed by atoms with E-state index in [-0.39, 0.29) is 11.7 Å². The van der Waals surface area contributed by atoms with Crippen LogP contribution in [-0.4, -0.2) is 22.4 Å². The molecule has 1 aromatic heterocycles. The Hall–Kier alpha value is -2.17. The average molecular weight is 449 g/mol. The SMILES string of the molecule is N#Cc1ncc(Br)c(N(CC2CCCC2)NC(=O)c2ccc(CCl)cc2)n1. The third-order valence-electron chi connectivity index (χ3n) is 4.60. The van der Waals surface area contributed by atoms with Gasteiger partial charge >= 0.3 is 0 Å². The normalized spacial score (nSPS) is 14.0. The van der Waals surface area contributed by atoms with E-state index in [1.165, 1.54) is 19.0 Å². The highest BCUT2D eigenvalue weighted by atomic mass is 79.9. The highest BCUT2D eigenvalue weighted by Gasteiger charge is 2.23. The molecule has 1 aliphatic carbocycles. The molecule has 1 saturated carbocycles. The summed E-state index contributed by atoms with van der Waals surface area (Å²) in [6.45, 7) is 0.631. The van der Waals surface area contributed by atoms with Crippen LogP contribution in [-0.2, 0) is 5.88 Å². The third-order valence-corrected chi connectivity index (χ3v) is 5.47. The summed E-state index contributed by atoms with van der Waals surface area (Å²) in [7, 11) is 0. The van der Waals surface area contributed by atoms with Gasteiger partial charge < -0.3 is 0 Å². The lowest BCUT2D eigenvalue weighted by molar-refractivity contribution is 0.0946. The quantitative estimate of drug-likeness (QED) is 0.529. The van der Waals surface area contributed by atoms with Gasteiger partial charge in [0.25, 0.3) is 5.91 Å². The van der Waals surface area contributed by atoms with Crippen LogP contribution in [0.1, 0.15) is 47.4 Å². The zero-order valence-electron chi connectivity index (χ0n) is 14.7.